The second kappa shape index (κ2) is 7.77. The van der Waals surface area contributed by atoms with E-state index in [1.165, 1.54) is 11.8 Å². The van der Waals surface area contributed by atoms with Crippen molar-refractivity contribution < 1.29 is 9.47 Å². The third-order valence-electron chi connectivity index (χ3n) is 4.80. The van der Waals surface area contributed by atoms with Gasteiger partial charge in [0.1, 0.15) is 5.75 Å². The van der Waals surface area contributed by atoms with Crippen LogP contribution in [0.25, 0.3) is 16.3 Å². The lowest BCUT2D eigenvalue weighted by Crippen LogP contribution is -2.16. The molecule has 0 N–H and O–H groups in total. The van der Waals surface area contributed by atoms with Gasteiger partial charge in [-0.25, -0.2) is 9.50 Å². The minimum atomic E-state index is 0.179. The zero-order valence-electron chi connectivity index (χ0n) is 16.1. The number of ether oxygens (including phenoxy) is 2. The van der Waals surface area contributed by atoms with Gasteiger partial charge in [0.05, 0.1) is 31.6 Å². The van der Waals surface area contributed by atoms with Crippen LogP contribution in [-0.2, 0) is 11.3 Å². The van der Waals surface area contributed by atoms with E-state index in [0.29, 0.717) is 0 Å². The molecule has 8 nitrogen and oxygen atoms in total. The molecule has 5 rings (SSSR count). The van der Waals surface area contributed by atoms with E-state index in [4.69, 9.17) is 9.47 Å². The van der Waals surface area contributed by atoms with E-state index in [1.54, 1.807) is 18.4 Å². The monoisotopic (exact) mass is 428 g/mol. The number of hydrogen-bond acceptors (Lipinski definition) is 8. The van der Waals surface area contributed by atoms with Crippen LogP contribution in [-0.4, -0.2) is 49.2 Å². The van der Waals surface area contributed by atoms with Gasteiger partial charge in [-0.1, -0.05) is 11.3 Å². The number of fused-ring (bicyclic) bond motifs is 1. The Morgan fingerprint density at radius 2 is 2.14 bits per heavy atom. The van der Waals surface area contributed by atoms with Gasteiger partial charge in [0.15, 0.2) is 15.3 Å². The first-order valence-electron chi connectivity index (χ1n) is 9.39. The van der Waals surface area contributed by atoms with E-state index < -0.39 is 0 Å². The van der Waals surface area contributed by atoms with Gasteiger partial charge < -0.3 is 9.47 Å². The Labute approximate surface area is 175 Å². The number of aromatic nitrogens is 6. The number of benzene rings is 1. The molecule has 29 heavy (non-hydrogen) atoms. The molecular formula is C19H20N6O2S2. The SMILES string of the molecule is COc1ccc(-c2nnc(Sc3nn4cc(C)nc4s3)n2CC2CCCO2)cc1. The summed E-state index contributed by atoms with van der Waals surface area (Å²) in [7, 11) is 1.66. The Balaban J connectivity index is 1.49. The zero-order valence-corrected chi connectivity index (χ0v) is 17.7. The largest absolute Gasteiger partial charge is 0.497 e. The van der Waals surface area contributed by atoms with Crippen molar-refractivity contribution in [2.24, 2.45) is 0 Å². The molecule has 0 aliphatic carbocycles. The fraction of sp³-hybridized carbons (Fsp3) is 0.368. The van der Waals surface area contributed by atoms with Crippen LogP contribution in [0.1, 0.15) is 18.5 Å². The number of methoxy groups -OCH3 is 1. The van der Waals surface area contributed by atoms with Crippen LogP contribution in [0.4, 0.5) is 0 Å². The van der Waals surface area contributed by atoms with E-state index >= 15 is 0 Å². The van der Waals surface area contributed by atoms with E-state index in [1.807, 2.05) is 41.9 Å². The fourth-order valence-corrected chi connectivity index (χ4v) is 5.30. The Bertz CT molecular complexity index is 1100. The first-order chi connectivity index (χ1) is 14.2. The van der Waals surface area contributed by atoms with Crippen LogP contribution in [0.2, 0.25) is 0 Å². The summed E-state index contributed by atoms with van der Waals surface area (Å²) in [6.07, 6.45) is 4.25. The highest BCUT2D eigenvalue weighted by atomic mass is 32.2. The Morgan fingerprint density at radius 3 is 2.86 bits per heavy atom. The summed E-state index contributed by atoms with van der Waals surface area (Å²) in [6.45, 7) is 3.50. The van der Waals surface area contributed by atoms with E-state index in [2.05, 4.69) is 24.8 Å². The number of hydrogen-bond donors (Lipinski definition) is 0. The fourth-order valence-electron chi connectivity index (χ4n) is 3.38. The Kier molecular flexibility index (Phi) is 4.98. The highest BCUT2D eigenvalue weighted by Crippen LogP contribution is 2.33. The molecule has 0 amide bonds. The molecule has 1 aliphatic heterocycles. The van der Waals surface area contributed by atoms with Gasteiger partial charge in [-0.3, -0.25) is 4.57 Å². The molecule has 1 aliphatic rings. The maximum absolute atomic E-state index is 5.87. The topological polar surface area (TPSA) is 79.4 Å². The maximum atomic E-state index is 5.87. The number of nitrogens with zero attached hydrogens (tertiary/aromatic N) is 6. The van der Waals surface area contributed by atoms with Gasteiger partial charge >= 0.3 is 0 Å². The van der Waals surface area contributed by atoms with Crippen molar-refractivity contribution >= 4 is 28.1 Å². The van der Waals surface area contributed by atoms with Crippen molar-refractivity contribution in [2.75, 3.05) is 13.7 Å². The number of rotatable bonds is 6. The van der Waals surface area contributed by atoms with Gasteiger partial charge in [0.2, 0.25) is 4.96 Å². The van der Waals surface area contributed by atoms with Crippen LogP contribution in [0.3, 0.4) is 0 Å². The smallest absolute Gasteiger partial charge is 0.213 e. The van der Waals surface area contributed by atoms with Gasteiger partial charge in [-0.2, -0.15) is 0 Å². The van der Waals surface area contributed by atoms with Crippen LogP contribution in [0, 0.1) is 6.92 Å². The van der Waals surface area contributed by atoms with Gasteiger partial charge in [0, 0.05) is 12.2 Å². The lowest BCUT2D eigenvalue weighted by atomic mass is 10.2. The molecule has 1 aromatic carbocycles. The predicted octanol–water partition coefficient (Wildman–Crippen LogP) is 3.70. The molecule has 150 valence electrons. The summed E-state index contributed by atoms with van der Waals surface area (Å²) in [5, 5.41) is 14.4. The number of aryl methyl sites for hydroxylation is 1. The van der Waals surface area contributed by atoms with Crippen molar-refractivity contribution in [1.82, 2.24) is 29.4 Å². The quantitative estimate of drug-likeness (QED) is 0.463. The standard InChI is InChI=1S/C19H20N6O2S2/c1-12-10-25-17(20-12)28-19(23-25)29-18-22-21-16(13-5-7-14(26-2)8-6-13)24(18)11-15-4-3-9-27-15/h5-8,10,15H,3-4,9,11H2,1-2H3. The molecule has 1 saturated heterocycles. The van der Waals surface area contributed by atoms with E-state index in [9.17, 15) is 0 Å². The highest BCUT2D eigenvalue weighted by Gasteiger charge is 2.23. The predicted molar refractivity (Wildman–Crippen MR) is 111 cm³/mol. The molecule has 1 atom stereocenters. The molecule has 1 unspecified atom stereocenters. The van der Waals surface area contributed by atoms with Crippen molar-refractivity contribution in [3.05, 3.63) is 36.2 Å². The molecule has 0 saturated carbocycles. The normalized spacial score (nSPS) is 16.7. The minimum Gasteiger partial charge on any atom is -0.497 e. The number of imidazole rings is 1. The van der Waals surface area contributed by atoms with Crippen LogP contribution in [0.15, 0.2) is 40.0 Å². The average Bonchev–Trinajstić information content (AvgIpc) is 3.49. The van der Waals surface area contributed by atoms with Gasteiger partial charge in [0.25, 0.3) is 0 Å². The molecule has 0 radical (unpaired) electrons. The summed E-state index contributed by atoms with van der Waals surface area (Å²) < 4.78 is 16.0. The summed E-state index contributed by atoms with van der Waals surface area (Å²) >= 11 is 3.06. The van der Waals surface area contributed by atoms with Gasteiger partial charge in [-0.05, 0) is 55.8 Å². The third kappa shape index (κ3) is 3.75. The Hall–Kier alpha value is -2.43. The average molecular weight is 429 g/mol. The first-order valence-corrected chi connectivity index (χ1v) is 11.0. The first kappa shape index (κ1) is 18.6. The third-order valence-corrected chi connectivity index (χ3v) is 6.76. The molecule has 0 spiro atoms. The molecule has 3 aromatic heterocycles. The van der Waals surface area contributed by atoms with E-state index in [-0.39, 0.29) is 6.10 Å². The summed E-state index contributed by atoms with van der Waals surface area (Å²) in [4.78, 5) is 5.36. The van der Waals surface area contributed by atoms with Crippen molar-refractivity contribution in [2.45, 2.75) is 41.9 Å². The van der Waals surface area contributed by atoms with Crippen molar-refractivity contribution in [1.29, 1.82) is 0 Å². The van der Waals surface area contributed by atoms with Crippen LogP contribution in [0.5, 0.6) is 5.75 Å². The second-order valence-electron chi connectivity index (χ2n) is 6.86. The summed E-state index contributed by atoms with van der Waals surface area (Å²) in [6, 6.07) is 7.88. The highest BCUT2D eigenvalue weighted by molar-refractivity contribution is 8.01. The molecule has 1 fully saturated rings. The zero-order chi connectivity index (χ0) is 19.8. The van der Waals surface area contributed by atoms with Crippen molar-refractivity contribution in [3.8, 4) is 17.1 Å². The second-order valence-corrected chi connectivity index (χ2v) is 9.03. The van der Waals surface area contributed by atoms with Crippen LogP contribution < -0.4 is 4.74 Å². The lowest BCUT2D eigenvalue weighted by molar-refractivity contribution is 0.0953. The molecule has 10 heteroatoms. The van der Waals surface area contributed by atoms with Crippen molar-refractivity contribution in [3.63, 3.8) is 0 Å². The summed E-state index contributed by atoms with van der Waals surface area (Å²) in [5.74, 6) is 1.64. The summed E-state index contributed by atoms with van der Waals surface area (Å²) in [5.41, 5.74) is 1.95. The van der Waals surface area contributed by atoms with Crippen LogP contribution >= 0.6 is 23.1 Å². The molecule has 4 heterocycles. The Morgan fingerprint density at radius 1 is 1.28 bits per heavy atom. The molecule has 4 aromatic rings. The minimum absolute atomic E-state index is 0.179. The molecule has 0 bridgehead atoms. The lowest BCUT2D eigenvalue weighted by Gasteiger charge is -2.14. The van der Waals surface area contributed by atoms with E-state index in [0.717, 1.165) is 63.3 Å². The van der Waals surface area contributed by atoms with Gasteiger partial charge in [-0.15, -0.1) is 15.3 Å². The maximum Gasteiger partial charge on any atom is 0.213 e. The molecular weight excluding hydrogens is 408 g/mol.